The quantitative estimate of drug-likeness (QED) is 0.810. The average molecular weight is 320 g/mol. The summed E-state index contributed by atoms with van der Waals surface area (Å²) in [7, 11) is 0. The van der Waals surface area contributed by atoms with Crippen LogP contribution in [0.15, 0.2) is 78.4 Å². The Hall–Kier alpha value is -3.10. The van der Waals surface area contributed by atoms with Crippen LogP contribution in [0.2, 0.25) is 0 Å². The van der Waals surface area contributed by atoms with Crippen molar-refractivity contribution in [3.8, 4) is 12.1 Å². The molecule has 0 aromatic heterocycles. The van der Waals surface area contributed by atoms with Crippen LogP contribution < -0.4 is 0 Å². The van der Waals surface area contributed by atoms with Crippen molar-refractivity contribution in [2.45, 2.75) is 11.8 Å². The molecule has 0 spiro atoms. The van der Waals surface area contributed by atoms with Gasteiger partial charge in [0, 0.05) is 16.9 Å². The molecule has 0 amide bonds. The van der Waals surface area contributed by atoms with Crippen molar-refractivity contribution in [2.75, 3.05) is 0 Å². The Kier molecular flexibility index (Phi) is 2.69. The number of nitriles is 2. The van der Waals surface area contributed by atoms with E-state index in [4.69, 9.17) is 0 Å². The topological polar surface area (TPSA) is 47.6 Å². The lowest BCUT2D eigenvalue weighted by molar-refractivity contribution is 0.533. The lowest BCUT2D eigenvalue weighted by Crippen LogP contribution is -2.18. The molecular formula is C23H16N2. The standard InChI is InChI=1S/C23H16N2/c24-14-17-12-23(18-9-5-2-6-10-18)21-11-19(17)20(13-22(21,23)15-25)16-7-3-1-4-8-16/h1-10,12-13,19,21H,11H2. The summed E-state index contributed by atoms with van der Waals surface area (Å²) in [5.74, 6) is 0.375. The van der Waals surface area contributed by atoms with Gasteiger partial charge in [-0.15, -0.1) is 0 Å². The van der Waals surface area contributed by atoms with E-state index in [1.807, 2.05) is 36.4 Å². The maximum Gasteiger partial charge on any atom is 0.0950 e. The molecule has 2 nitrogen and oxygen atoms in total. The van der Waals surface area contributed by atoms with Crippen LogP contribution in [0.4, 0.5) is 0 Å². The molecule has 4 unspecified atom stereocenters. The molecule has 0 radical (unpaired) electrons. The molecule has 1 saturated carbocycles. The summed E-state index contributed by atoms with van der Waals surface area (Å²) in [5, 5.41) is 20.0. The Labute approximate surface area is 147 Å². The highest BCUT2D eigenvalue weighted by Crippen LogP contribution is 2.78. The van der Waals surface area contributed by atoms with Crippen molar-refractivity contribution in [1.82, 2.24) is 0 Å². The second-order valence-electron chi connectivity index (χ2n) is 7.23. The van der Waals surface area contributed by atoms with Crippen LogP contribution in [-0.4, -0.2) is 0 Å². The predicted octanol–water partition coefficient (Wildman–Crippen LogP) is 4.63. The summed E-state index contributed by atoms with van der Waals surface area (Å²) in [5.41, 5.74) is 3.34. The van der Waals surface area contributed by atoms with Crippen LogP contribution >= 0.6 is 0 Å². The highest BCUT2D eigenvalue weighted by molar-refractivity contribution is 5.80. The van der Waals surface area contributed by atoms with Gasteiger partial charge in [-0.3, -0.25) is 0 Å². The third kappa shape index (κ3) is 1.57. The lowest BCUT2D eigenvalue weighted by Gasteiger charge is -2.27. The zero-order valence-corrected chi connectivity index (χ0v) is 13.7. The SMILES string of the molecule is N#CC1=CC2(c3ccccc3)C3CC1C(c1ccccc1)=CC32C#N. The molecule has 0 heterocycles. The Morgan fingerprint density at radius 2 is 1.56 bits per heavy atom. The number of benzene rings is 2. The van der Waals surface area contributed by atoms with Gasteiger partial charge in [-0.1, -0.05) is 72.8 Å². The van der Waals surface area contributed by atoms with Gasteiger partial charge in [0.2, 0.25) is 0 Å². The summed E-state index contributed by atoms with van der Waals surface area (Å²) in [6, 6.07) is 25.5. The average Bonchev–Trinajstić information content (AvgIpc) is 3.34. The van der Waals surface area contributed by atoms with Gasteiger partial charge in [0.05, 0.1) is 17.6 Å². The number of allylic oxidation sites excluding steroid dienone is 4. The summed E-state index contributed by atoms with van der Waals surface area (Å²) in [6.45, 7) is 0. The van der Waals surface area contributed by atoms with Gasteiger partial charge in [-0.25, -0.2) is 0 Å². The van der Waals surface area contributed by atoms with Crippen molar-refractivity contribution in [1.29, 1.82) is 10.5 Å². The zero-order chi connectivity index (χ0) is 17.1. The van der Waals surface area contributed by atoms with Crippen LogP contribution in [0.1, 0.15) is 17.5 Å². The molecule has 0 aliphatic heterocycles. The third-order valence-electron chi connectivity index (χ3n) is 6.36. The second-order valence-corrected chi connectivity index (χ2v) is 7.23. The van der Waals surface area contributed by atoms with Crippen LogP contribution in [0.25, 0.3) is 5.57 Å². The van der Waals surface area contributed by atoms with E-state index < -0.39 is 5.41 Å². The summed E-state index contributed by atoms with van der Waals surface area (Å²) in [4.78, 5) is 0. The van der Waals surface area contributed by atoms with Gasteiger partial charge < -0.3 is 0 Å². The Morgan fingerprint density at radius 1 is 0.880 bits per heavy atom. The van der Waals surface area contributed by atoms with E-state index in [9.17, 15) is 10.5 Å². The Balaban J connectivity index is 1.78. The number of rotatable bonds is 2. The molecule has 25 heavy (non-hydrogen) atoms. The van der Waals surface area contributed by atoms with Gasteiger partial charge in [0.1, 0.15) is 0 Å². The van der Waals surface area contributed by atoms with Crippen LogP contribution in [0.5, 0.6) is 0 Å². The van der Waals surface area contributed by atoms with Gasteiger partial charge in [-0.05, 0) is 29.0 Å². The van der Waals surface area contributed by atoms with Crippen molar-refractivity contribution < 1.29 is 0 Å². The fourth-order valence-electron chi connectivity index (χ4n) is 5.23. The number of fused-ring (bicyclic) bond motifs is 2. The molecule has 1 fully saturated rings. The van der Waals surface area contributed by atoms with E-state index in [1.165, 1.54) is 0 Å². The van der Waals surface area contributed by atoms with Crippen molar-refractivity contribution in [3.63, 3.8) is 0 Å². The van der Waals surface area contributed by atoms with Gasteiger partial charge in [0.25, 0.3) is 0 Å². The van der Waals surface area contributed by atoms with E-state index in [-0.39, 0.29) is 17.3 Å². The number of hydrogen-bond acceptors (Lipinski definition) is 2. The molecule has 2 heteroatoms. The molecule has 2 aromatic carbocycles. The molecule has 2 bridgehead atoms. The number of hydrogen-bond donors (Lipinski definition) is 0. The first-order valence-corrected chi connectivity index (χ1v) is 8.64. The first-order chi connectivity index (χ1) is 12.3. The van der Waals surface area contributed by atoms with E-state index in [0.717, 1.165) is 28.7 Å². The molecule has 0 N–H and O–H groups in total. The zero-order valence-electron chi connectivity index (χ0n) is 13.7. The van der Waals surface area contributed by atoms with Crippen molar-refractivity contribution >= 4 is 5.57 Å². The molecule has 118 valence electrons. The highest BCUT2D eigenvalue weighted by atomic mass is 14.8. The molecule has 0 saturated heterocycles. The maximum absolute atomic E-state index is 10.2. The van der Waals surface area contributed by atoms with Gasteiger partial charge in [-0.2, -0.15) is 10.5 Å². The van der Waals surface area contributed by atoms with E-state index >= 15 is 0 Å². The largest absolute Gasteiger partial charge is 0.197 e. The number of nitrogens with zero attached hydrogens (tertiary/aromatic N) is 2. The minimum atomic E-state index is -0.533. The fourth-order valence-corrected chi connectivity index (χ4v) is 5.23. The van der Waals surface area contributed by atoms with Crippen LogP contribution in [0.3, 0.4) is 0 Å². The van der Waals surface area contributed by atoms with Gasteiger partial charge in [0.15, 0.2) is 0 Å². The summed E-state index contributed by atoms with van der Waals surface area (Å²) < 4.78 is 0. The van der Waals surface area contributed by atoms with Crippen molar-refractivity contribution in [3.05, 3.63) is 89.5 Å². The molecule has 3 aliphatic rings. The first kappa shape index (κ1) is 14.3. The smallest absolute Gasteiger partial charge is 0.0950 e. The predicted molar refractivity (Wildman–Crippen MR) is 95.9 cm³/mol. The van der Waals surface area contributed by atoms with Gasteiger partial charge >= 0.3 is 0 Å². The monoisotopic (exact) mass is 320 g/mol. The maximum atomic E-state index is 10.2. The van der Waals surface area contributed by atoms with Crippen LogP contribution in [0, 0.1) is 39.9 Å². The van der Waals surface area contributed by atoms with E-state index in [2.05, 4.69) is 48.6 Å². The first-order valence-electron chi connectivity index (χ1n) is 8.64. The van der Waals surface area contributed by atoms with Crippen molar-refractivity contribution in [2.24, 2.45) is 17.3 Å². The fraction of sp³-hybridized carbons (Fsp3) is 0.217. The minimum absolute atomic E-state index is 0.109. The lowest BCUT2D eigenvalue weighted by atomic mass is 9.75. The third-order valence-corrected chi connectivity index (χ3v) is 6.36. The summed E-state index contributed by atoms with van der Waals surface area (Å²) in [6.07, 6.45) is 5.16. The van der Waals surface area contributed by atoms with Crippen LogP contribution in [-0.2, 0) is 5.41 Å². The molecular weight excluding hydrogens is 304 g/mol. The molecule has 5 rings (SSSR count). The second kappa shape index (κ2) is 4.71. The molecule has 3 aliphatic carbocycles. The van der Waals surface area contributed by atoms with E-state index in [1.54, 1.807) is 0 Å². The Bertz CT molecular complexity index is 1000. The molecule has 2 aromatic rings. The molecule has 4 atom stereocenters. The minimum Gasteiger partial charge on any atom is -0.197 e. The summed E-state index contributed by atoms with van der Waals surface area (Å²) >= 11 is 0. The normalized spacial score (nSPS) is 34.2. The highest BCUT2D eigenvalue weighted by Gasteiger charge is 2.79. The van der Waals surface area contributed by atoms with E-state index in [0.29, 0.717) is 0 Å². The Morgan fingerprint density at radius 3 is 2.20 bits per heavy atom.